The molecule has 1 aromatic heterocycles. The SMILES string of the molecule is O=C(c1cc(F)c(Cl)nc1Cl)N(Cc1cccc(F)c1)C[C@H]1CCCO1. The third kappa shape index (κ3) is 4.50. The Morgan fingerprint density at radius 3 is 2.77 bits per heavy atom. The molecule has 26 heavy (non-hydrogen) atoms. The normalized spacial score (nSPS) is 16.7. The van der Waals surface area contributed by atoms with Gasteiger partial charge >= 0.3 is 0 Å². The Kier molecular flexibility index (Phi) is 6.06. The van der Waals surface area contributed by atoms with Crippen molar-refractivity contribution in [2.75, 3.05) is 13.2 Å². The van der Waals surface area contributed by atoms with Gasteiger partial charge in [0.15, 0.2) is 11.0 Å². The molecule has 0 bridgehead atoms. The molecule has 0 unspecified atom stereocenters. The van der Waals surface area contributed by atoms with Crippen LogP contribution in [0, 0.1) is 11.6 Å². The van der Waals surface area contributed by atoms with Gasteiger partial charge in [0.05, 0.1) is 11.7 Å². The highest BCUT2D eigenvalue weighted by atomic mass is 35.5. The number of rotatable bonds is 5. The number of ether oxygens (including phenoxy) is 1. The van der Waals surface area contributed by atoms with Crippen molar-refractivity contribution >= 4 is 29.1 Å². The monoisotopic (exact) mass is 400 g/mol. The van der Waals surface area contributed by atoms with Crippen LogP contribution in [0.15, 0.2) is 30.3 Å². The highest BCUT2D eigenvalue weighted by Crippen LogP contribution is 2.24. The number of benzene rings is 1. The molecule has 1 aromatic carbocycles. The number of amides is 1. The van der Waals surface area contributed by atoms with Gasteiger partial charge in [0.1, 0.15) is 11.0 Å². The van der Waals surface area contributed by atoms with Gasteiger partial charge in [-0.25, -0.2) is 13.8 Å². The summed E-state index contributed by atoms with van der Waals surface area (Å²) in [5.41, 5.74) is 0.512. The topological polar surface area (TPSA) is 42.4 Å². The molecular formula is C18H16Cl2F2N2O2. The number of carbonyl (C=O) groups excluding carboxylic acids is 1. The summed E-state index contributed by atoms with van der Waals surface area (Å²) in [6.07, 6.45) is 1.59. The fourth-order valence-electron chi connectivity index (χ4n) is 2.88. The van der Waals surface area contributed by atoms with Crippen molar-refractivity contribution in [3.05, 3.63) is 63.4 Å². The van der Waals surface area contributed by atoms with Crippen molar-refractivity contribution in [2.24, 2.45) is 0 Å². The van der Waals surface area contributed by atoms with Crippen LogP contribution in [-0.4, -0.2) is 35.0 Å². The van der Waals surface area contributed by atoms with Crippen molar-refractivity contribution in [1.29, 1.82) is 0 Å². The Morgan fingerprint density at radius 1 is 1.27 bits per heavy atom. The predicted octanol–water partition coefficient (Wildman–Crippen LogP) is 4.49. The van der Waals surface area contributed by atoms with E-state index in [0.717, 1.165) is 18.9 Å². The highest BCUT2D eigenvalue weighted by Gasteiger charge is 2.26. The minimum Gasteiger partial charge on any atom is -0.376 e. The standard InChI is InChI=1S/C18H16Cl2F2N2O2/c19-16-14(8-15(22)17(20)23-16)18(25)24(10-13-5-2-6-26-13)9-11-3-1-4-12(21)7-11/h1,3-4,7-8,13H,2,5-6,9-10H2/t13-/m1/s1. The number of hydrogen-bond donors (Lipinski definition) is 0. The first kappa shape index (κ1) is 19.0. The van der Waals surface area contributed by atoms with Gasteiger partial charge < -0.3 is 9.64 Å². The zero-order chi connectivity index (χ0) is 18.7. The lowest BCUT2D eigenvalue weighted by molar-refractivity contribution is 0.0506. The molecule has 0 saturated carbocycles. The van der Waals surface area contributed by atoms with E-state index in [1.165, 1.54) is 17.0 Å². The van der Waals surface area contributed by atoms with Crippen LogP contribution in [0.3, 0.4) is 0 Å². The summed E-state index contributed by atoms with van der Waals surface area (Å²) in [5.74, 6) is -1.75. The van der Waals surface area contributed by atoms with Crippen LogP contribution in [0.5, 0.6) is 0 Å². The van der Waals surface area contributed by atoms with E-state index >= 15 is 0 Å². The van der Waals surface area contributed by atoms with Gasteiger partial charge in [0.25, 0.3) is 5.91 Å². The number of aromatic nitrogens is 1. The first-order valence-corrected chi connectivity index (χ1v) is 8.86. The molecule has 1 saturated heterocycles. The maximum absolute atomic E-state index is 13.8. The van der Waals surface area contributed by atoms with Gasteiger partial charge in [-0.15, -0.1) is 0 Å². The zero-order valence-electron chi connectivity index (χ0n) is 13.7. The Bertz CT molecular complexity index is 814. The summed E-state index contributed by atoms with van der Waals surface area (Å²) in [5, 5.41) is -0.583. The Labute approximate surface area is 159 Å². The molecule has 8 heteroatoms. The molecule has 1 aliphatic rings. The molecule has 1 atom stereocenters. The van der Waals surface area contributed by atoms with Gasteiger partial charge in [-0.2, -0.15) is 0 Å². The molecule has 0 spiro atoms. The Morgan fingerprint density at radius 2 is 2.08 bits per heavy atom. The minimum atomic E-state index is -0.831. The van der Waals surface area contributed by atoms with Crippen molar-refractivity contribution in [3.8, 4) is 0 Å². The van der Waals surface area contributed by atoms with Crippen LogP contribution >= 0.6 is 23.2 Å². The van der Waals surface area contributed by atoms with Crippen LogP contribution in [0.4, 0.5) is 8.78 Å². The van der Waals surface area contributed by atoms with E-state index in [9.17, 15) is 13.6 Å². The van der Waals surface area contributed by atoms with Gasteiger partial charge in [-0.1, -0.05) is 35.3 Å². The molecule has 0 aliphatic carbocycles. The number of halogens is 4. The lowest BCUT2D eigenvalue weighted by Gasteiger charge is -2.26. The third-order valence-corrected chi connectivity index (χ3v) is 4.67. The van der Waals surface area contributed by atoms with Gasteiger partial charge in [-0.3, -0.25) is 4.79 Å². The summed E-state index contributed by atoms with van der Waals surface area (Å²) >= 11 is 11.6. The summed E-state index contributed by atoms with van der Waals surface area (Å²) in [6.45, 7) is 1.05. The lowest BCUT2D eigenvalue weighted by atomic mass is 10.1. The molecule has 0 N–H and O–H groups in total. The summed E-state index contributed by atoms with van der Waals surface area (Å²) in [6, 6.07) is 6.91. The van der Waals surface area contributed by atoms with Gasteiger partial charge in [0.2, 0.25) is 0 Å². The first-order valence-electron chi connectivity index (χ1n) is 8.11. The number of carbonyl (C=O) groups is 1. The zero-order valence-corrected chi connectivity index (χ0v) is 15.2. The Hall–Kier alpha value is -1.76. The molecule has 2 heterocycles. The highest BCUT2D eigenvalue weighted by molar-refractivity contribution is 6.34. The van der Waals surface area contributed by atoms with E-state index in [0.29, 0.717) is 12.2 Å². The average Bonchev–Trinajstić information content (AvgIpc) is 3.10. The third-order valence-electron chi connectivity index (χ3n) is 4.11. The van der Waals surface area contributed by atoms with E-state index in [1.807, 2.05) is 0 Å². The van der Waals surface area contributed by atoms with E-state index in [2.05, 4.69) is 4.98 Å². The van der Waals surface area contributed by atoms with Gasteiger partial charge in [0, 0.05) is 19.7 Å². The summed E-state index contributed by atoms with van der Waals surface area (Å²) in [7, 11) is 0. The van der Waals surface area contributed by atoms with E-state index in [-0.39, 0.29) is 29.9 Å². The van der Waals surface area contributed by atoms with Crippen LogP contribution in [-0.2, 0) is 11.3 Å². The summed E-state index contributed by atoms with van der Waals surface area (Å²) < 4.78 is 32.8. The minimum absolute atomic E-state index is 0.0945. The molecular weight excluding hydrogens is 385 g/mol. The molecule has 4 nitrogen and oxygen atoms in total. The molecule has 1 fully saturated rings. The fourth-order valence-corrected chi connectivity index (χ4v) is 3.28. The Balaban J connectivity index is 1.88. The van der Waals surface area contributed by atoms with Crippen LogP contribution in [0.2, 0.25) is 10.3 Å². The number of pyridine rings is 1. The second kappa shape index (κ2) is 8.29. The summed E-state index contributed by atoms with van der Waals surface area (Å²) in [4.78, 5) is 18.1. The first-order chi connectivity index (χ1) is 12.4. The molecule has 1 amide bonds. The van der Waals surface area contributed by atoms with Crippen molar-refractivity contribution in [1.82, 2.24) is 9.88 Å². The van der Waals surface area contributed by atoms with Crippen LogP contribution < -0.4 is 0 Å². The molecule has 3 rings (SSSR count). The van der Waals surface area contributed by atoms with Crippen LogP contribution in [0.1, 0.15) is 28.8 Å². The van der Waals surface area contributed by atoms with E-state index in [4.69, 9.17) is 27.9 Å². The molecule has 2 aromatic rings. The quantitative estimate of drug-likeness (QED) is 0.694. The van der Waals surface area contributed by atoms with E-state index < -0.39 is 22.7 Å². The maximum Gasteiger partial charge on any atom is 0.257 e. The van der Waals surface area contributed by atoms with Gasteiger partial charge in [-0.05, 0) is 36.6 Å². The number of hydrogen-bond acceptors (Lipinski definition) is 3. The van der Waals surface area contributed by atoms with E-state index in [1.54, 1.807) is 12.1 Å². The van der Waals surface area contributed by atoms with Crippen molar-refractivity contribution in [3.63, 3.8) is 0 Å². The number of nitrogens with zero attached hydrogens (tertiary/aromatic N) is 2. The van der Waals surface area contributed by atoms with Crippen molar-refractivity contribution < 1.29 is 18.3 Å². The second-order valence-electron chi connectivity index (χ2n) is 6.05. The van der Waals surface area contributed by atoms with Crippen molar-refractivity contribution in [2.45, 2.75) is 25.5 Å². The predicted molar refractivity (Wildman–Crippen MR) is 94.3 cm³/mol. The van der Waals surface area contributed by atoms with Crippen LogP contribution in [0.25, 0.3) is 0 Å². The fraction of sp³-hybridized carbons (Fsp3) is 0.333. The average molecular weight is 401 g/mol. The smallest absolute Gasteiger partial charge is 0.257 e. The lowest BCUT2D eigenvalue weighted by Crippen LogP contribution is -2.37. The second-order valence-corrected chi connectivity index (χ2v) is 6.77. The molecule has 0 radical (unpaired) electrons. The molecule has 1 aliphatic heterocycles. The maximum atomic E-state index is 13.8. The molecule has 138 valence electrons. The largest absolute Gasteiger partial charge is 0.376 e.